The van der Waals surface area contributed by atoms with E-state index in [2.05, 4.69) is 10.4 Å². The van der Waals surface area contributed by atoms with Crippen LogP contribution in [0.1, 0.15) is 22.5 Å². The van der Waals surface area contributed by atoms with Crippen LogP contribution in [0.2, 0.25) is 0 Å². The van der Waals surface area contributed by atoms with E-state index in [0.717, 1.165) is 29.8 Å². The zero-order valence-electron chi connectivity index (χ0n) is 15.4. The monoisotopic (exact) mass is 367 g/mol. The highest BCUT2D eigenvalue weighted by molar-refractivity contribution is 5.93. The molecule has 5 nitrogen and oxygen atoms in total. The Hall–Kier alpha value is -3.15. The average molecular weight is 367 g/mol. The van der Waals surface area contributed by atoms with Crippen molar-refractivity contribution in [2.45, 2.75) is 12.8 Å². The van der Waals surface area contributed by atoms with Crippen molar-refractivity contribution < 1.29 is 13.9 Å². The number of aryl methyl sites for hydroxylation is 2. The van der Waals surface area contributed by atoms with Crippen LogP contribution in [-0.4, -0.2) is 29.3 Å². The van der Waals surface area contributed by atoms with E-state index in [-0.39, 0.29) is 11.7 Å². The molecule has 0 radical (unpaired) electrons. The van der Waals surface area contributed by atoms with E-state index in [1.54, 1.807) is 37.0 Å². The molecule has 1 aromatic heterocycles. The van der Waals surface area contributed by atoms with Gasteiger partial charge in [-0.3, -0.25) is 9.48 Å². The third kappa shape index (κ3) is 4.73. The van der Waals surface area contributed by atoms with Crippen molar-refractivity contribution in [3.8, 4) is 17.0 Å². The van der Waals surface area contributed by atoms with E-state index in [1.807, 2.05) is 24.3 Å². The normalized spacial score (nSPS) is 10.6. The van der Waals surface area contributed by atoms with Crippen LogP contribution < -0.4 is 10.1 Å². The fraction of sp³-hybridized carbons (Fsp3) is 0.238. The highest BCUT2D eigenvalue weighted by atomic mass is 19.1. The van der Waals surface area contributed by atoms with E-state index in [1.165, 1.54) is 17.7 Å². The van der Waals surface area contributed by atoms with Gasteiger partial charge in [-0.05, 0) is 66.4 Å². The number of carbonyl (C=O) groups is 1. The van der Waals surface area contributed by atoms with Gasteiger partial charge in [-0.1, -0.05) is 12.1 Å². The number of ether oxygens (including phenoxy) is 1. The molecule has 0 spiro atoms. The molecule has 3 rings (SSSR count). The van der Waals surface area contributed by atoms with E-state index < -0.39 is 0 Å². The Morgan fingerprint density at radius 3 is 2.52 bits per heavy atom. The van der Waals surface area contributed by atoms with Crippen LogP contribution in [0.4, 0.5) is 4.39 Å². The molecule has 2 aromatic carbocycles. The molecule has 0 fully saturated rings. The van der Waals surface area contributed by atoms with Gasteiger partial charge in [0.1, 0.15) is 11.6 Å². The maximum atomic E-state index is 13.1. The Balaban J connectivity index is 1.53. The molecule has 0 bridgehead atoms. The number of hydrogen-bond acceptors (Lipinski definition) is 3. The maximum absolute atomic E-state index is 13.1. The molecular formula is C21H22FN3O2. The molecule has 0 aliphatic carbocycles. The second-order valence-electron chi connectivity index (χ2n) is 6.25. The summed E-state index contributed by atoms with van der Waals surface area (Å²) in [5.41, 5.74) is 3.12. The number of halogens is 1. The summed E-state index contributed by atoms with van der Waals surface area (Å²) in [6.45, 7) is 0.563. The zero-order valence-corrected chi connectivity index (χ0v) is 15.4. The molecule has 27 heavy (non-hydrogen) atoms. The van der Waals surface area contributed by atoms with E-state index in [0.29, 0.717) is 12.2 Å². The van der Waals surface area contributed by atoms with Crippen molar-refractivity contribution in [3.63, 3.8) is 0 Å². The van der Waals surface area contributed by atoms with Gasteiger partial charge in [0.25, 0.3) is 5.91 Å². The lowest BCUT2D eigenvalue weighted by molar-refractivity contribution is 0.0947. The largest absolute Gasteiger partial charge is 0.497 e. The van der Waals surface area contributed by atoms with Gasteiger partial charge in [0.15, 0.2) is 5.69 Å². The minimum Gasteiger partial charge on any atom is -0.497 e. The molecule has 0 saturated carbocycles. The number of hydrogen-bond donors (Lipinski definition) is 1. The lowest BCUT2D eigenvalue weighted by atomic mass is 10.1. The molecule has 3 aromatic rings. The number of amides is 1. The Bertz CT molecular complexity index is 902. The summed E-state index contributed by atoms with van der Waals surface area (Å²) in [4.78, 5) is 12.3. The summed E-state index contributed by atoms with van der Waals surface area (Å²) in [5, 5.41) is 7.16. The van der Waals surface area contributed by atoms with E-state index >= 15 is 0 Å². The van der Waals surface area contributed by atoms with Crippen molar-refractivity contribution in [2.75, 3.05) is 13.7 Å². The van der Waals surface area contributed by atoms with Crippen LogP contribution in [0, 0.1) is 5.82 Å². The molecule has 0 aliphatic rings. The van der Waals surface area contributed by atoms with Gasteiger partial charge < -0.3 is 10.1 Å². The van der Waals surface area contributed by atoms with Crippen molar-refractivity contribution in [1.29, 1.82) is 0 Å². The molecule has 0 saturated heterocycles. The first-order valence-corrected chi connectivity index (χ1v) is 8.78. The molecule has 0 unspecified atom stereocenters. The average Bonchev–Trinajstić information content (AvgIpc) is 3.08. The Morgan fingerprint density at radius 1 is 1.15 bits per heavy atom. The number of carbonyl (C=O) groups excluding carboxylic acids is 1. The van der Waals surface area contributed by atoms with Crippen molar-refractivity contribution >= 4 is 5.91 Å². The first-order chi connectivity index (χ1) is 13.1. The second-order valence-corrected chi connectivity index (χ2v) is 6.25. The predicted molar refractivity (Wildman–Crippen MR) is 102 cm³/mol. The van der Waals surface area contributed by atoms with Gasteiger partial charge in [-0.25, -0.2) is 4.39 Å². The standard InChI is InChI=1S/C21H22FN3O2/c1-25-20(16-7-9-17(22)10-8-16)14-19(24-25)21(26)23-13-3-4-15-5-11-18(27-2)12-6-15/h5-12,14H,3-4,13H2,1-2H3,(H,23,26). The van der Waals surface area contributed by atoms with E-state index in [4.69, 9.17) is 4.74 Å². The number of methoxy groups -OCH3 is 1. The highest BCUT2D eigenvalue weighted by Gasteiger charge is 2.13. The fourth-order valence-corrected chi connectivity index (χ4v) is 2.85. The van der Waals surface area contributed by atoms with E-state index in [9.17, 15) is 9.18 Å². The van der Waals surface area contributed by atoms with Gasteiger partial charge in [0.05, 0.1) is 12.8 Å². The molecule has 140 valence electrons. The van der Waals surface area contributed by atoms with Crippen molar-refractivity contribution in [1.82, 2.24) is 15.1 Å². The topological polar surface area (TPSA) is 56.1 Å². The molecule has 1 N–H and O–H groups in total. The van der Waals surface area contributed by atoms with Gasteiger partial charge in [-0.15, -0.1) is 0 Å². The predicted octanol–water partition coefficient (Wildman–Crippen LogP) is 3.60. The van der Waals surface area contributed by atoms with Gasteiger partial charge >= 0.3 is 0 Å². The summed E-state index contributed by atoms with van der Waals surface area (Å²) < 4.78 is 19.8. The number of benzene rings is 2. The summed E-state index contributed by atoms with van der Waals surface area (Å²) in [6, 6.07) is 15.7. The van der Waals surface area contributed by atoms with Crippen LogP contribution in [0.3, 0.4) is 0 Å². The zero-order chi connectivity index (χ0) is 19.2. The summed E-state index contributed by atoms with van der Waals surface area (Å²) in [5.74, 6) is 0.323. The molecular weight excluding hydrogens is 345 g/mol. The van der Waals surface area contributed by atoms with Crippen LogP contribution >= 0.6 is 0 Å². The first-order valence-electron chi connectivity index (χ1n) is 8.78. The minimum atomic E-state index is -0.296. The molecule has 0 aliphatic heterocycles. The third-order valence-corrected chi connectivity index (χ3v) is 4.34. The van der Waals surface area contributed by atoms with Crippen molar-refractivity contribution in [2.24, 2.45) is 7.05 Å². The lowest BCUT2D eigenvalue weighted by Gasteiger charge is -2.05. The number of nitrogens with one attached hydrogen (secondary N) is 1. The summed E-state index contributed by atoms with van der Waals surface area (Å²) in [7, 11) is 3.41. The Kier molecular flexibility index (Phi) is 5.86. The third-order valence-electron chi connectivity index (χ3n) is 4.34. The fourth-order valence-electron chi connectivity index (χ4n) is 2.85. The molecule has 1 heterocycles. The Morgan fingerprint density at radius 2 is 1.85 bits per heavy atom. The van der Waals surface area contributed by atoms with Crippen LogP contribution in [0.5, 0.6) is 5.75 Å². The molecule has 6 heteroatoms. The molecule has 1 amide bonds. The quantitative estimate of drug-likeness (QED) is 0.649. The summed E-state index contributed by atoms with van der Waals surface area (Å²) in [6.07, 6.45) is 1.70. The van der Waals surface area contributed by atoms with Gasteiger partial charge in [0.2, 0.25) is 0 Å². The SMILES string of the molecule is COc1ccc(CCCNC(=O)c2cc(-c3ccc(F)cc3)n(C)n2)cc1. The number of nitrogens with zero attached hydrogens (tertiary/aromatic N) is 2. The Labute approximate surface area is 157 Å². The number of aromatic nitrogens is 2. The van der Waals surface area contributed by atoms with Crippen molar-refractivity contribution in [3.05, 3.63) is 71.7 Å². The maximum Gasteiger partial charge on any atom is 0.271 e. The highest BCUT2D eigenvalue weighted by Crippen LogP contribution is 2.20. The summed E-state index contributed by atoms with van der Waals surface area (Å²) >= 11 is 0. The molecule has 0 atom stereocenters. The van der Waals surface area contributed by atoms with Crippen LogP contribution in [0.15, 0.2) is 54.6 Å². The lowest BCUT2D eigenvalue weighted by Crippen LogP contribution is -2.25. The van der Waals surface area contributed by atoms with Crippen LogP contribution in [0.25, 0.3) is 11.3 Å². The number of rotatable bonds is 7. The minimum absolute atomic E-state index is 0.214. The smallest absolute Gasteiger partial charge is 0.271 e. The second kappa shape index (κ2) is 8.49. The van der Waals surface area contributed by atoms with Gasteiger partial charge in [-0.2, -0.15) is 5.10 Å². The van der Waals surface area contributed by atoms with Crippen LogP contribution in [-0.2, 0) is 13.5 Å². The first kappa shape index (κ1) is 18.6. The van der Waals surface area contributed by atoms with Gasteiger partial charge in [0, 0.05) is 13.6 Å².